The van der Waals surface area contributed by atoms with Gasteiger partial charge in [0.05, 0.1) is 11.4 Å². The van der Waals surface area contributed by atoms with Crippen molar-refractivity contribution < 1.29 is 0 Å². The number of nitrogens with zero attached hydrogens (tertiary/aromatic N) is 3. The van der Waals surface area contributed by atoms with Crippen LogP contribution in [0.4, 0.5) is 5.95 Å². The SMILES string of the molecule is O=c1c2cccnc2nc2n1[C@@H]1CCCC[C@H]1N2. The summed E-state index contributed by atoms with van der Waals surface area (Å²) in [5.41, 5.74) is 0.588. The van der Waals surface area contributed by atoms with Gasteiger partial charge in [-0.25, -0.2) is 4.98 Å². The van der Waals surface area contributed by atoms with Crippen molar-refractivity contribution in [1.29, 1.82) is 0 Å². The molecule has 0 spiro atoms. The van der Waals surface area contributed by atoms with Gasteiger partial charge in [0.2, 0.25) is 5.95 Å². The Morgan fingerprint density at radius 1 is 1.33 bits per heavy atom. The van der Waals surface area contributed by atoms with Gasteiger partial charge >= 0.3 is 0 Å². The molecule has 5 nitrogen and oxygen atoms in total. The second-order valence-electron chi connectivity index (χ2n) is 5.09. The smallest absolute Gasteiger partial charge is 0.264 e. The minimum atomic E-state index is 0.0463. The van der Waals surface area contributed by atoms with Gasteiger partial charge in [0.15, 0.2) is 5.65 Å². The molecule has 0 aromatic carbocycles. The molecule has 18 heavy (non-hydrogen) atoms. The summed E-state index contributed by atoms with van der Waals surface area (Å²) in [4.78, 5) is 21.2. The van der Waals surface area contributed by atoms with Crippen molar-refractivity contribution in [2.75, 3.05) is 5.32 Å². The maximum Gasteiger partial charge on any atom is 0.264 e. The van der Waals surface area contributed by atoms with E-state index >= 15 is 0 Å². The molecule has 0 amide bonds. The highest BCUT2D eigenvalue weighted by molar-refractivity contribution is 5.74. The highest BCUT2D eigenvalue weighted by Gasteiger charge is 2.35. The zero-order chi connectivity index (χ0) is 12.1. The number of nitrogens with one attached hydrogen (secondary N) is 1. The third-order valence-electron chi connectivity index (χ3n) is 4.05. The molecule has 2 atom stereocenters. The fraction of sp³-hybridized carbons (Fsp3) is 0.462. The van der Waals surface area contributed by atoms with E-state index in [4.69, 9.17) is 0 Å². The summed E-state index contributed by atoms with van der Waals surface area (Å²) in [5, 5.41) is 4.00. The number of anilines is 1. The fourth-order valence-corrected chi connectivity index (χ4v) is 3.20. The van der Waals surface area contributed by atoms with Crippen LogP contribution in [0, 0.1) is 0 Å². The molecule has 2 aliphatic rings. The Labute approximate surface area is 104 Å². The third kappa shape index (κ3) is 1.24. The van der Waals surface area contributed by atoms with Crippen molar-refractivity contribution in [2.24, 2.45) is 0 Å². The van der Waals surface area contributed by atoms with Crippen molar-refractivity contribution in [1.82, 2.24) is 14.5 Å². The molecule has 5 heteroatoms. The van der Waals surface area contributed by atoms with E-state index in [0.717, 1.165) is 12.8 Å². The van der Waals surface area contributed by atoms with Gasteiger partial charge in [-0.3, -0.25) is 9.36 Å². The molecule has 0 radical (unpaired) electrons. The summed E-state index contributed by atoms with van der Waals surface area (Å²) in [6, 6.07) is 4.24. The summed E-state index contributed by atoms with van der Waals surface area (Å²) in [6.45, 7) is 0. The Balaban J connectivity index is 1.99. The number of fused-ring (bicyclic) bond motifs is 4. The zero-order valence-electron chi connectivity index (χ0n) is 9.97. The lowest BCUT2D eigenvalue weighted by atomic mass is 9.91. The van der Waals surface area contributed by atoms with Gasteiger partial charge in [0.25, 0.3) is 5.56 Å². The van der Waals surface area contributed by atoms with E-state index < -0.39 is 0 Å². The van der Waals surface area contributed by atoms with E-state index in [1.165, 1.54) is 12.8 Å². The predicted molar refractivity (Wildman–Crippen MR) is 68.7 cm³/mol. The molecule has 1 aliphatic heterocycles. The van der Waals surface area contributed by atoms with E-state index in [1.54, 1.807) is 18.3 Å². The molecule has 2 aromatic heterocycles. The van der Waals surface area contributed by atoms with Crippen molar-refractivity contribution in [3.63, 3.8) is 0 Å². The van der Waals surface area contributed by atoms with Crippen LogP contribution in [0.15, 0.2) is 23.1 Å². The number of hydrogen-bond donors (Lipinski definition) is 1. The molecule has 0 bridgehead atoms. The molecule has 0 saturated heterocycles. The quantitative estimate of drug-likeness (QED) is 0.764. The van der Waals surface area contributed by atoms with Gasteiger partial charge in [-0.15, -0.1) is 0 Å². The van der Waals surface area contributed by atoms with Crippen LogP contribution < -0.4 is 10.9 Å². The normalized spacial score (nSPS) is 25.6. The largest absolute Gasteiger partial charge is 0.351 e. The molecule has 1 fully saturated rings. The van der Waals surface area contributed by atoms with E-state index in [9.17, 15) is 4.79 Å². The van der Waals surface area contributed by atoms with Crippen LogP contribution in [-0.4, -0.2) is 20.6 Å². The first-order valence-electron chi connectivity index (χ1n) is 6.48. The number of pyridine rings is 1. The maximum atomic E-state index is 12.5. The zero-order valence-corrected chi connectivity index (χ0v) is 9.97. The number of rotatable bonds is 0. The van der Waals surface area contributed by atoms with Gasteiger partial charge in [-0.05, 0) is 25.0 Å². The second kappa shape index (κ2) is 3.54. The van der Waals surface area contributed by atoms with Crippen molar-refractivity contribution in [2.45, 2.75) is 37.8 Å². The molecular formula is C13H14N4O. The van der Waals surface area contributed by atoms with E-state index in [2.05, 4.69) is 15.3 Å². The molecule has 3 heterocycles. The average Bonchev–Trinajstić information content (AvgIpc) is 2.77. The molecular weight excluding hydrogens is 228 g/mol. The minimum absolute atomic E-state index is 0.0463. The first-order valence-corrected chi connectivity index (χ1v) is 6.48. The van der Waals surface area contributed by atoms with Crippen LogP contribution in [0.1, 0.15) is 31.7 Å². The highest BCUT2D eigenvalue weighted by atomic mass is 16.1. The van der Waals surface area contributed by atoms with Gasteiger partial charge in [-0.2, -0.15) is 4.98 Å². The van der Waals surface area contributed by atoms with E-state index in [-0.39, 0.29) is 11.6 Å². The molecule has 1 aliphatic carbocycles. The second-order valence-corrected chi connectivity index (χ2v) is 5.09. The Hall–Kier alpha value is -1.91. The van der Waals surface area contributed by atoms with Crippen molar-refractivity contribution in [3.05, 3.63) is 28.7 Å². The van der Waals surface area contributed by atoms with Crippen molar-refractivity contribution >= 4 is 17.0 Å². The van der Waals surface area contributed by atoms with Crippen LogP contribution in [0.25, 0.3) is 11.0 Å². The summed E-state index contributed by atoms with van der Waals surface area (Å²) in [6.07, 6.45) is 6.29. The van der Waals surface area contributed by atoms with E-state index in [0.29, 0.717) is 23.0 Å². The van der Waals surface area contributed by atoms with Crippen LogP contribution in [-0.2, 0) is 0 Å². The maximum absolute atomic E-state index is 12.5. The van der Waals surface area contributed by atoms with Gasteiger partial charge in [0, 0.05) is 12.2 Å². The first kappa shape index (κ1) is 10.1. The van der Waals surface area contributed by atoms with Gasteiger partial charge in [-0.1, -0.05) is 12.8 Å². The lowest BCUT2D eigenvalue weighted by Gasteiger charge is -2.24. The summed E-state index contributed by atoms with van der Waals surface area (Å²) in [7, 11) is 0. The van der Waals surface area contributed by atoms with Crippen LogP contribution in [0.2, 0.25) is 0 Å². The van der Waals surface area contributed by atoms with Crippen LogP contribution >= 0.6 is 0 Å². The molecule has 1 N–H and O–H groups in total. The van der Waals surface area contributed by atoms with Crippen LogP contribution in [0.5, 0.6) is 0 Å². The number of aromatic nitrogens is 3. The fourth-order valence-electron chi connectivity index (χ4n) is 3.20. The highest BCUT2D eigenvalue weighted by Crippen LogP contribution is 2.36. The Morgan fingerprint density at radius 2 is 2.22 bits per heavy atom. The number of hydrogen-bond acceptors (Lipinski definition) is 4. The average molecular weight is 242 g/mol. The molecule has 0 unspecified atom stereocenters. The monoisotopic (exact) mass is 242 g/mol. The summed E-state index contributed by atoms with van der Waals surface area (Å²) >= 11 is 0. The van der Waals surface area contributed by atoms with Crippen molar-refractivity contribution in [3.8, 4) is 0 Å². The molecule has 92 valence electrons. The summed E-state index contributed by atoms with van der Waals surface area (Å²) in [5.74, 6) is 0.697. The first-order chi connectivity index (χ1) is 8.84. The lowest BCUT2D eigenvalue weighted by molar-refractivity contribution is 0.349. The van der Waals surface area contributed by atoms with E-state index in [1.807, 2.05) is 4.57 Å². The third-order valence-corrected chi connectivity index (χ3v) is 4.05. The Bertz CT molecular complexity index is 678. The van der Waals surface area contributed by atoms with Gasteiger partial charge < -0.3 is 5.32 Å². The molecule has 4 rings (SSSR count). The lowest BCUT2D eigenvalue weighted by Crippen LogP contribution is -2.30. The Morgan fingerprint density at radius 3 is 3.17 bits per heavy atom. The predicted octanol–water partition coefficient (Wildman–Crippen LogP) is 1.70. The summed E-state index contributed by atoms with van der Waals surface area (Å²) < 4.78 is 1.84. The van der Waals surface area contributed by atoms with Crippen LogP contribution in [0.3, 0.4) is 0 Å². The topological polar surface area (TPSA) is 59.8 Å². The minimum Gasteiger partial charge on any atom is -0.351 e. The Kier molecular flexibility index (Phi) is 1.98. The molecule has 1 saturated carbocycles. The standard InChI is InChI=1S/C13H14N4O/c18-12-8-4-3-7-14-11(8)16-13-15-9-5-1-2-6-10(9)17(12)13/h3-4,7,9-10H,1-2,5-6H2,(H,14,15,16)/t9-,10-/m1/s1. The van der Waals surface area contributed by atoms with Gasteiger partial charge in [0.1, 0.15) is 0 Å². The molecule has 2 aromatic rings.